The molecule has 0 bridgehead atoms. The Morgan fingerprint density at radius 2 is 1.69 bits per heavy atom. The molecular formula is C19H16F3N3O. The van der Waals surface area contributed by atoms with Gasteiger partial charge in [0.2, 0.25) is 0 Å². The van der Waals surface area contributed by atoms with Crippen molar-refractivity contribution in [1.29, 1.82) is 0 Å². The van der Waals surface area contributed by atoms with E-state index >= 15 is 0 Å². The lowest BCUT2D eigenvalue weighted by Crippen LogP contribution is -2.16. The van der Waals surface area contributed by atoms with Crippen molar-refractivity contribution in [3.05, 3.63) is 77.4 Å². The Bertz CT molecular complexity index is 949. The molecule has 1 heterocycles. The highest BCUT2D eigenvalue weighted by Crippen LogP contribution is 2.25. The van der Waals surface area contributed by atoms with Crippen LogP contribution < -0.4 is 5.32 Å². The first-order valence-corrected chi connectivity index (χ1v) is 7.97. The van der Waals surface area contributed by atoms with E-state index in [1.54, 1.807) is 16.8 Å². The summed E-state index contributed by atoms with van der Waals surface area (Å²) in [5.74, 6) is -2.62. The van der Waals surface area contributed by atoms with Crippen molar-refractivity contribution in [2.45, 2.75) is 19.8 Å². The van der Waals surface area contributed by atoms with Crippen LogP contribution in [0.3, 0.4) is 0 Å². The van der Waals surface area contributed by atoms with Gasteiger partial charge in [-0.2, -0.15) is 5.10 Å². The van der Waals surface area contributed by atoms with Crippen molar-refractivity contribution in [3.63, 3.8) is 0 Å². The first kappa shape index (κ1) is 17.7. The third-order valence-electron chi connectivity index (χ3n) is 3.85. The number of amides is 1. The molecule has 1 amide bonds. The van der Waals surface area contributed by atoms with Crippen molar-refractivity contribution >= 4 is 11.6 Å². The van der Waals surface area contributed by atoms with E-state index in [0.717, 1.165) is 12.1 Å². The van der Waals surface area contributed by atoms with Gasteiger partial charge in [-0.15, -0.1) is 0 Å². The number of carbonyl (C=O) groups excluding carboxylic acids is 1. The van der Waals surface area contributed by atoms with Gasteiger partial charge in [-0.25, -0.2) is 17.9 Å². The third-order valence-corrected chi connectivity index (χ3v) is 3.85. The average molecular weight is 359 g/mol. The van der Waals surface area contributed by atoms with E-state index in [4.69, 9.17) is 0 Å². The van der Waals surface area contributed by atoms with Crippen LogP contribution in [0, 0.1) is 17.5 Å². The van der Waals surface area contributed by atoms with E-state index in [1.807, 2.05) is 13.8 Å². The van der Waals surface area contributed by atoms with E-state index in [-0.39, 0.29) is 23.0 Å². The van der Waals surface area contributed by atoms with Gasteiger partial charge >= 0.3 is 0 Å². The van der Waals surface area contributed by atoms with E-state index in [1.165, 1.54) is 18.3 Å². The molecule has 3 rings (SSSR count). The number of anilines is 1. The van der Waals surface area contributed by atoms with Crippen molar-refractivity contribution in [3.8, 4) is 5.69 Å². The second-order valence-corrected chi connectivity index (χ2v) is 6.06. The van der Waals surface area contributed by atoms with Gasteiger partial charge in [0.15, 0.2) is 0 Å². The van der Waals surface area contributed by atoms with Gasteiger partial charge < -0.3 is 5.32 Å². The molecule has 0 saturated carbocycles. The molecule has 0 unspecified atom stereocenters. The maximum absolute atomic E-state index is 13.8. The second kappa shape index (κ2) is 7.03. The molecule has 0 fully saturated rings. The van der Waals surface area contributed by atoms with Gasteiger partial charge in [0.25, 0.3) is 5.91 Å². The topological polar surface area (TPSA) is 46.9 Å². The zero-order chi connectivity index (χ0) is 18.8. The molecule has 134 valence electrons. The zero-order valence-electron chi connectivity index (χ0n) is 14.1. The fraction of sp³-hybridized carbons (Fsp3) is 0.158. The first-order chi connectivity index (χ1) is 12.4. The summed E-state index contributed by atoms with van der Waals surface area (Å²) in [7, 11) is 0. The van der Waals surface area contributed by atoms with Crippen LogP contribution in [0.1, 0.15) is 35.8 Å². The molecule has 0 aliphatic heterocycles. The predicted molar refractivity (Wildman–Crippen MR) is 91.9 cm³/mol. The van der Waals surface area contributed by atoms with Gasteiger partial charge in [-0.05, 0) is 42.3 Å². The number of halogens is 3. The third kappa shape index (κ3) is 3.46. The molecule has 0 aliphatic carbocycles. The molecule has 1 N–H and O–H groups in total. The van der Waals surface area contributed by atoms with Crippen molar-refractivity contribution in [2.75, 3.05) is 5.32 Å². The zero-order valence-corrected chi connectivity index (χ0v) is 14.1. The van der Waals surface area contributed by atoms with E-state index < -0.39 is 17.5 Å². The SMILES string of the molecule is CC(C)c1c(C(=O)Nc2ccc(F)cc2F)cnn1-c1ccc(F)cc1. The van der Waals surface area contributed by atoms with Gasteiger partial charge in [-0.1, -0.05) is 13.8 Å². The van der Waals surface area contributed by atoms with Crippen LogP contribution in [0.2, 0.25) is 0 Å². The second-order valence-electron chi connectivity index (χ2n) is 6.06. The fourth-order valence-electron chi connectivity index (χ4n) is 2.66. The summed E-state index contributed by atoms with van der Waals surface area (Å²) in [6.07, 6.45) is 1.37. The number of hydrogen-bond donors (Lipinski definition) is 1. The number of hydrogen-bond acceptors (Lipinski definition) is 2. The van der Waals surface area contributed by atoms with Crippen LogP contribution in [0.4, 0.5) is 18.9 Å². The Morgan fingerprint density at radius 3 is 2.31 bits per heavy atom. The Hall–Kier alpha value is -3.09. The van der Waals surface area contributed by atoms with Crippen molar-refractivity contribution in [2.24, 2.45) is 0 Å². The Morgan fingerprint density at radius 1 is 1.04 bits per heavy atom. The maximum atomic E-state index is 13.8. The molecular weight excluding hydrogens is 343 g/mol. The number of benzene rings is 2. The number of nitrogens with zero attached hydrogens (tertiary/aromatic N) is 2. The lowest BCUT2D eigenvalue weighted by atomic mass is 10.0. The summed E-state index contributed by atoms with van der Waals surface area (Å²) < 4.78 is 41.5. The lowest BCUT2D eigenvalue weighted by molar-refractivity contribution is 0.102. The monoisotopic (exact) mass is 359 g/mol. The maximum Gasteiger partial charge on any atom is 0.259 e. The quantitative estimate of drug-likeness (QED) is 0.736. The molecule has 0 aliphatic rings. The Kier molecular flexibility index (Phi) is 4.79. The number of aromatic nitrogens is 2. The van der Waals surface area contributed by atoms with E-state index in [0.29, 0.717) is 17.4 Å². The Balaban J connectivity index is 1.97. The lowest BCUT2D eigenvalue weighted by Gasteiger charge is -2.13. The normalized spacial score (nSPS) is 11.0. The minimum absolute atomic E-state index is 0.0821. The highest BCUT2D eigenvalue weighted by Gasteiger charge is 2.21. The van der Waals surface area contributed by atoms with Crippen LogP contribution >= 0.6 is 0 Å². The molecule has 7 heteroatoms. The Labute approximate surface area is 148 Å². The summed E-state index contributed by atoms with van der Waals surface area (Å²) in [6, 6.07) is 8.61. The molecule has 0 saturated heterocycles. The number of rotatable bonds is 4. The highest BCUT2D eigenvalue weighted by atomic mass is 19.1. The first-order valence-electron chi connectivity index (χ1n) is 7.97. The summed E-state index contributed by atoms with van der Waals surface area (Å²) in [5, 5.41) is 6.65. The standard InChI is InChI=1S/C19H16F3N3O/c1-11(2)18-15(10-23-25(18)14-6-3-12(20)4-7-14)19(26)24-17-8-5-13(21)9-16(17)22/h3-11H,1-2H3,(H,24,26). The largest absolute Gasteiger partial charge is 0.319 e. The van der Waals surface area contributed by atoms with Crippen LogP contribution in [-0.4, -0.2) is 15.7 Å². The molecule has 26 heavy (non-hydrogen) atoms. The molecule has 3 aromatic rings. The van der Waals surface area contributed by atoms with Crippen LogP contribution in [0.15, 0.2) is 48.7 Å². The summed E-state index contributed by atoms with van der Waals surface area (Å²) in [4.78, 5) is 12.6. The van der Waals surface area contributed by atoms with E-state index in [9.17, 15) is 18.0 Å². The predicted octanol–water partition coefficient (Wildman–Crippen LogP) is 4.67. The van der Waals surface area contributed by atoms with Crippen LogP contribution in [0.5, 0.6) is 0 Å². The minimum Gasteiger partial charge on any atom is -0.319 e. The van der Waals surface area contributed by atoms with Gasteiger partial charge in [0.1, 0.15) is 17.5 Å². The summed E-state index contributed by atoms with van der Waals surface area (Å²) in [5.41, 5.74) is 1.33. The highest BCUT2D eigenvalue weighted by molar-refractivity contribution is 6.05. The van der Waals surface area contributed by atoms with Gasteiger partial charge in [-0.3, -0.25) is 4.79 Å². The van der Waals surface area contributed by atoms with Crippen molar-refractivity contribution in [1.82, 2.24) is 9.78 Å². The molecule has 0 spiro atoms. The number of nitrogens with one attached hydrogen (secondary N) is 1. The van der Waals surface area contributed by atoms with Crippen molar-refractivity contribution < 1.29 is 18.0 Å². The van der Waals surface area contributed by atoms with Gasteiger partial charge in [0, 0.05) is 6.07 Å². The van der Waals surface area contributed by atoms with Gasteiger partial charge in [0.05, 0.1) is 28.8 Å². The smallest absolute Gasteiger partial charge is 0.259 e. The molecule has 1 aromatic heterocycles. The molecule has 0 radical (unpaired) electrons. The molecule has 4 nitrogen and oxygen atoms in total. The van der Waals surface area contributed by atoms with Crippen LogP contribution in [-0.2, 0) is 0 Å². The molecule has 2 aromatic carbocycles. The van der Waals surface area contributed by atoms with E-state index in [2.05, 4.69) is 10.4 Å². The fourth-order valence-corrected chi connectivity index (χ4v) is 2.66. The summed E-state index contributed by atoms with van der Waals surface area (Å²) >= 11 is 0. The molecule has 0 atom stereocenters. The minimum atomic E-state index is -0.865. The summed E-state index contributed by atoms with van der Waals surface area (Å²) in [6.45, 7) is 3.76. The number of carbonyl (C=O) groups is 1. The van der Waals surface area contributed by atoms with Crippen LogP contribution in [0.25, 0.3) is 5.69 Å². The average Bonchev–Trinajstić information content (AvgIpc) is 3.03.